The Morgan fingerprint density at radius 1 is 1.30 bits per heavy atom. The summed E-state index contributed by atoms with van der Waals surface area (Å²) in [6.07, 6.45) is 1.88. The summed E-state index contributed by atoms with van der Waals surface area (Å²) in [6, 6.07) is 9.74. The first-order valence-corrected chi connectivity index (χ1v) is 8.06. The van der Waals surface area contributed by atoms with Crippen LogP contribution in [0.25, 0.3) is 11.3 Å². The first kappa shape index (κ1) is 15.7. The Kier molecular flexibility index (Phi) is 4.76. The molecule has 23 heavy (non-hydrogen) atoms. The van der Waals surface area contributed by atoms with Crippen molar-refractivity contribution < 1.29 is 13.6 Å². The van der Waals surface area contributed by atoms with E-state index < -0.39 is 0 Å². The van der Waals surface area contributed by atoms with Crippen molar-refractivity contribution in [1.29, 1.82) is 0 Å². The van der Waals surface area contributed by atoms with E-state index in [1.165, 1.54) is 12.1 Å². The molecule has 1 aliphatic rings. The fourth-order valence-corrected chi connectivity index (χ4v) is 2.96. The van der Waals surface area contributed by atoms with Gasteiger partial charge < -0.3 is 14.6 Å². The van der Waals surface area contributed by atoms with Crippen molar-refractivity contribution in [2.24, 2.45) is 0 Å². The molecule has 0 radical (unpaired) electrons. The van der Waals surface area contributed by atoms with Gasteiger partial charge in [-0.2, -0.15) is 0 Å². The first-order valence-electron chi connectivity index (χ1n) is 8.06. The van der Waals surface area contributed by atoms with Crippen LogP contribution in [0.5, 0.6) is 0 Å². The zero-order valence-electron chi connectivity index (χ0n) is 13.2. The number of furan rings is 1. The number of rotatable bonds is 5. The maximum atomic E-state index is 13.0. The Balaban J connectivity index is 1.80. The highest BCUT2D eigenvalue weighted by Crippen LogP contribution is 2.24. The van der Waals surface area contributed by atoms with Gasteiger partial charge in [-0.15, -0.1) is 0 Å². The monoisotopic (exact) mass is 316 g/mol. The van der Waals surface area contributed by atoms with E-state index in [4.69, 9.17) is 4.42 Å². The van der Waals surface area contributed by atoms with Crippen LogP contribution < -0.4 is 5.32 Å². The summed E-state index contributed by atoms with van der Waals surface area (Å²) in [4.78, 5) is 14.7. The lowest BCUT2D eigenvalue weighted by Gasteiger charge is -2.27. The van der Waals surface area contributed by atoms with Crippen molar-refractivity contribution >= 4 is 5.91 Å². The lowest BCUT2D eigenvalue weighted by molar-refractivity contribution is 0.0660. The first-order chi connectivity index (χ1) is 11.2. The quantitative estimate of drug-likeness (QED) is 0.920. The molecule has 1 aromatic heterocycles. The molecule has 4 nitrogen and oxygen atoms in total. The standard InChI is InChI=1S/C18H21FN2O2/c1-2-11-21(15-9-10-20-12-15)18(22)17-8-7-16(23-17)13-3-5-14(19)6-4-13/h3-8,15,20H,2,9-12H2,1H3. The predicted octanol–water partition coefficient (Wildman–Crippen LogP) is 3.30. The molecule has 1 N–H and O–H groups in total. The lowest BCUT2D eigenvalue weighted by atomic mass is 10.2. The molecular weight excluding hydrogens is 295 g/mol. The van der Waals surface area contributed by atoms with E-state index in [0.717, 1.165) is 38.0 Å². The highest BCUT2D eigenvalue weighted by Gasteiger charge is 2.28. The van der Waals surface area contributed by atoms with Crippen LogP contribution in [-0.4, -0.2) is 36.5 Å². The summed E-state index contributed by atoms with van der Waals surface area (Å²) in [5.74, 6) is 0.549. The minimum Gasteiger partial charge on any atom is -0.451 e. The number of carbonyl (C=O) groups excluding carboxylic acids is 1. The molecule has 0 saturated carbocycles. The zero-order valence-corrected chi connectivity index (χ0v) is 13.2. The highest BCUT2D eigenvalue weighted by molar-refractivity contribution is 5.92. The molecule has 2 aromatic rings. The van der Waals surface area contributed by atoms with Crippen LogP contribution in [0.2, 0.25) is 0 Å². The van der Waals surface area contributed by atoms with Gasteiger partial charge in [-0.3, -0.25) is 4.79 Å². The number of benzene rings is 1. The van der Waals surface area contributed by atoms with Gasteiger partial charge in [-0.25, -0.2) is 4.39 Å². The van der Waals surface area contributed by atoms with Crippen LogP contribution in [0.3, 0.4) is 0 Å². The molecule has 1 atom stereocenters. The molecule has 5 heteroatoms. The third kappa shape index (κ3) is 3.45. The van der Waals surface area contributed by atoms with Crippen molar-refractivity contribution in [2.45, 2.75) is 25.8 Å². The number of halogens is 1. The third-order valence-electron chi connectivity index (χ3n) is 4.15. The van der Waals surface area contributed by atoms with Gasteiger partial charge in [0.2, 0.25) is 0 Å². The largest absolute Gasteiger partial charge is 0.451 e. The average Bonchev–Trinajstić information content (AvgIpc) is 3.24. The van der Waals surface area contributed by atoms with Gasteiger partial charge in [-0.1, -0.05) is 6.92 Å². The Morgan fingerprint density at radius 2 is 2.09 bits per heavy atom. The maximum absolute atomic E-state index is 13.0. The van der Waals surface area contributed by atoms with Gasteiger partial charge in [0.15, 0.2) is 5.76 Å². The second-order valence-electron chi connectivity index (χ2n) is 5.82. The number of nitrogens with zero attached hydrogens (tertiary/aromatic N) is 1. The van der Waals surface area contributed by atoms with Gasteiger partial charge in [0, 0.05) is 24.7 Å². The van der Waals surface area contributed by atoms with E-state index in [1.807, 2.05) is 4.90 Å². The van der Waals surface area contributed by atoms with E-state index >= 15 is 0 Å². The van der Waals surface area contributed by atoms with Crippen molar-refractivity contribution in [3.63, 3.8) is 0 Å². The smallest absolute Gasteiger partial charge is 0.289 e. The summed E-state index contributed by atoms with van der Waals surface area (Å²) < 4.78 is 18.7. The second-order valence-corrected chi connectivity index (χ2v) is 5.82. The number of hydrogen-bond donors (Lipinski definition) is 1. The van der Waals surface area contributed by atoms with E-state index in [-0.39, 0.29) is 17.8 Å². The normalized spacial score (nSPS) is 17.4. The van der Waals surface area contributed by atoms with E-state index in [2.05, 4.69) is 12.2 Å². The van der Waals surface area contributed by atoms with Gasteiger partial charge in [0.1, 0.15) is 11.6 Å². The van der Waals surface area contributed by atoms with E-state index in [0.29, 0.717) is 11.5 Å². The minimum atomic E-state index is -0.292. The van der Waals surface area contributed by atoms with Crippen molar-refractivity contribution in [3.05, 3.63) is 48.0 Å². The van der Waals surface area contributed by atoms with Gasteiger partial charge in [0.05, 0.1) is 0 Å². The highest BCUT2D eigenvalue weighted by atomic mass is 19.1. The molecule has 1 amide bonds. The van der Waals surface area contributed by atoms with Gasteiger partial charge in [-0.05, 0) is 55.8 Å². The van der Waals surface area contributed by atoms with Crippen LogP contribution in [0, 0.1) is 5.82 Å². The molecule has 3 rings (SSSR count). The zero-order chi connectivity index (χ0) is 16.2. The molecule has 1 unspecified atom stereocenters. The third-order valence-corrected chi connectivity index (χ3v) is 4.15. The lowest BCUT2D eigenvalue weighted by Crippen LogP contribution is -2.41. The van der Waals surface area contributed by atoms with E-state index in [1.54, 1.807) is 24.3 Å². The minimum absolute atomic E-state index is 0.0751. The second kappa shape index (κ2) is 6.96. The molecule has 1 aliphatic heterocycles. The molecule has 1 fully saturated rings. The Hall–Kier alpha value is -2.14. The Labute approximate surface area is 135 Å². The molecule has 0 aliphatic carbocycles. The van der Waals surface area contributed by atoms with Crippen molar-refractivity contribution in [1.82, 2.24) is 10.2 Å². The molecule has 1 saturated heterocycles. The van der Waals surface area contributed by atoms with Crippen LogP contribution in [0.1, 0.15) is 30.3 Å². The Bertz CT molecular complexity index is 660. The van der Waals surface area contributed by atoms with Gasteiger partial charge >= 0.3 is 0 Å². The summed E-state index contributed by atoms with van der Waals surface area (Å²) in [7, 11) is 0. The fourth-order valence-electron chi connectivity index (χ4n) is 2.96. The SMILES string of the molecule is CCCN(C(=O)c1ccc(-c2ccc(F)cc2)o1)C1CCNC1. The molecule has 0 spiro atoms. The number of amides is 1. The number of hydrogen-bond acceptors (Lipinski definition) is 3. The average molecular weight is 316 g/mol. The van der Waals surface area contributed by atoms with Gasteiger partial charge in [0.25, 0.3) is 5.91 Å². The summed E-state index contributed by atoms with van der Waals surface area (Å²) in [6.45, 7) is 4.56. The summed E-state index contributed by atoms with van der Waals surface area (Å²) in [5, 5.41) is 3.29. The van der Waals surface area contributed by atoms with Crippen LogP contribution in [0.4, 0.5) is 4.39 Å². The molecular formula is C18H21FN2O2. The number of carbonyl (C=O) groups is 1. The molecule has 0 bridgehead atoms. The number of nitrogens with one attached hydrogen (secondary N) is 1. The fraction of sp³-hybridized carbons (Fsp3) is 0.389. The van der Waals surface area contributed by atoms with E-state index in [9.17, 15) is 9.18 Å². The van der Waals surface area contributed by atoms with Crippen LogP contribution >= 0.6 is 0 Å². The molecule has 2 heterocycles. The molecule has 122 valence electrons. The summed E-state index contributed by atoms with van der Waals surface area (Å²) in [5.41, 5.74) is 0.759. The topological polar surface area (TPSA) is 45.5 Å². The predicted molar refractivity (Wildman–Crippen MR) is 86.7 cm³/mol. The van der Waals surface area contributed by atoms with Crippen LogP contribution in [0.15, 0.2) is 40.8 Å². The molecule has 1 aromatic carbocycles. The Morgan fingerprint density at radius 3 is 2.74 bits per heavy atom. The summed E-state index contributed by atoms with van der Waals surface area (Å²) >= 11 is 0. The maximum Gasteiger partial charge on any atom is 0.289 e. The van der Waals surface area contributed by atoms with Crippen LogP contribution in [-0.2, 0) is 0 Å². The van der Waals surface area contributed by atoms with Crippen molar-refractivity contribution in [2.75, 3.05) is 19.6 Å². The van der Waals surface area contributed by atoms with Crippen molar-refractivity contribution in [3.8, 4) is 11.3 Å².